The monoisotopic (exact) mass is 408 g/mol. The van der Waals surface area contributed by atoms with Crippen LogP contribution in [0.3, 0.4) is 0 Å². The number of ether oxygens (including phenoxy) is 1. The lowest BCUT2D eigenvalue weighted by Crippen LogP contribution is -2.40. The highest BCUT2D eigenvalue weighted by molar-refractivity contribution is 6.09. The molecule has 156 valence electrons. The van der Waals surface area contributed by atoms with Gasteiger partial charge in [-0.05, 0) is 62.1 Å². The number of carbonyl (C=O) groups excluding carboxylic acids is 4. The van der Waals surface area contributed by atoms with E-state index in [1.165, 1.54) is 6.07 Å². The number of hydrogen-bond acceptors (Lipinski definition) is 5. The van der Waals surface area contributed by atoms with Crippen LogP contribution in [0.25, 0.3) is 0 Å². The van der Waals surface area contributed by atoms with Gasteiger partial charge in [-0.1, -0.05) is 18.2 Å². The molecule has 6 atom stereocenters. The van der Waals surface area contributed by atoms with Crippen molar-refractivity contribution in [1.82, 2.24) is 4.90 Å². The number of anilines is 1. The van der Waals surface area contributed by atoms with Gasteiger partial charge in [0.25, 0.3) is 0 Å². The quantitative estimate of drug-likeness (QED) is 0.458. The highest BCUT2D eigenvalue weighted by atomic mass is 16.5. The van der Waals surface area contributed by atoms with Crippen LogP contribution < -0.4 is 5.32 Å². The first-order valence-electron chi connectivity index (χ1n) is 10.5. The largest absolute Gasteiger partial charge is 0.459 e. The average Bonchev–Trinajstić information content (AvgIpc) is 3.49. The second kappa shape index (κ2) is 6.79. The second-order valence-corrected chi connectivity index (χ2v) is 9.00. The van der Waals surface area contributed by atoms with Crippen molar-refractivity contribution < 1.29 is 23.9 Å². The summed E-state index contributed by atoms with van der Waals surface area (Å²) in [6.45, 7) is 3.22. The number of allylic oxidation sites excluding steroid dienone is 2. The molecule has 4 aliphatic carbocycles. The van der Waals surface area contributed by atoms with Crippen LogP contribution in [-0.4, -0.2) is 41.2 Å². The number of carbonyl (C=O) groups is 4. The van der Waals surface area contributed by atoms with Gasteiger partial charge in [0, 0.05) is 5.69 Å². The third-order valence-corrected chi connectivity index (χ3v) is 6.78. The average molecular weight is 408 g/mol. The summed E-state index contributed by atoms with van der Waals surface area (Å²) < 4.78 is 5.17. The van der Waals surface area contributed by atoms with E-state index in [-0.39, 0.29) is 48.1 Å². The molecule has 0 spiro atoms. The van der Waals surface area contributed by atoms with Gasteiger partial charge in [0.2, 0.25) is 17.7 Å². The predicted molar refractivity (Wildman–Crippen MR) is 107 cm³/mol. The Balaban J connectivity index is 1.26. The first-order chi connectivity index (χ1) is 14.3. The molecule has 6 rings (SSSR count). The summed E-state index contributed by atoms with van der Waals surface area (Å²) in [5.41, 5.74) is 0.736. The Morgan fingerprint density at radius 1 is 1.10 bits per heavy atom. The van der Waals surface area contributed by atoms with E-state index in [1.807, 2.05) is 0 Å². The van der Waals surface area contributed by atoms with E-state index in [0.29, 0.717) is 23.1 Å². The molecule has 7 nitrogen and oxygen atoms in total. The maximum Gasteiger partial charge on any atom is 0.338 e. The molecule has 5 aliphatic rings. The number of benzene rings is 1. The van der Waals surface area contributed by atoms with Crippen molar-refractivity contribution in [3.8, 4) is 0 Å². The van der Waals surface area contributed by atoms with E-state index in [1.54, 1.807) is 32.0 Å². The minimum Gasteiger partial charge on any atom is -0.459 e. The van der Waals surface area contributed by atoms with Crippen LogP contribution in [-0.2, 0) is 19.1 Å². The van der Waals surface area contributed by atoms with Crippen LogP contribution in [0.15, 0.2) is 36.4 Å². The third-order valence-electron chi connectivity index (χ3n) is 6.78. The van der Waals surface area contributed by atoms with Gasteiger partial charge in [-0.25, -0.2) is 4.79 Å². The van der Waals surface area contributed by atoms with Gasteiger partial charge >= 0.3 is 5.97 Å². The maximum absolute atomic E-state index is 13.0. The first kappa shape index (κ1) is 19.0. The van der Waals surface area contributed by atoms with Gasteiger partial charge in [-0.2, -0.15) is 0 Å². The summed E-state index contributed by atoms with van der Waals surface area (Å²) in [4.78, 5) is 51.7. The number of amides is 3. The van der Waals surface area contributed by atoms with E-state index >= 15 is 0 Å². The molecule has 7 heteroatoms. The Hall–Kier alpha value is -2.96. The van der Waals surface area contributed by atoms with Gasteiger partial charge in [-0.15, -0.1) is 0 Å². The molecule has 2 bridgehead atoms. The Morgan fingerprint density at radius 3 is 2.33 bits per heavy atom. The van der Waals surface area contributed by atoms with Gasteiger partial charge in [-0.3, -0.25) is 19.3 Å². The summed E-state index contributed by atoms with van der Waals surface area (Å²) in [7, 11) is 0. The number of nitrogens with one attached hydrogen (secondary N) is 1. The lowest BCUT2D eigenvalue weighted by molar-refractivity contribution is -0.142. The van der Waals surface area contributed by atoms with Gasteiger partial charge < -0.3 is 10.1 Å². The van der Waals surface area contributed by atoms with Crippen molar-refractivity contribution >= 4 is 29.4 Å². The molecule has 1 aliphatic heterocycles. The van der Waals surface area contributed by atoms with Crippen molar-refractivity contribution in [2.24, 2.45) is 35.5 Å². The summed E-state index contributed by atoms with van der Waals surface area (Å²) in [5, 5.41) is 2.69. The molecule has 0 unspecified atom stereocenters. The lowest BCUT2D eigenvalue weighted by Gasteiger charge is -2.37. The first-order valence-corrected chi connectivity index (χ1v) is 10.5. The smallest absolute Gasteiger partial charge is 0.338 e. The number of nitrogens with zero attached hydrogens (tertiary/aromatic N) is 1. The fourth-order valence-electron chi connectivity index (χ4n) is 5.52. The van der Waals surface area contributed by atoms with E-state index in [4.69, 9.17) is 4.74 Å². The van der Waals surface area contributed by atoms with Crippen LogP contribution in [0.5, 0.6) is 0 Å². The van der Waals surface area contributed by atoms with Crippen LogP contribution >= 0.6 is 0 Å². The third kappa shape index (κ3) is 2.95. The van der Waals surface area contributed by atoms with Crippen LogP contribution in [0.1, 0.15) is 30.6 Å². The van der Waals surface area contributed by atoms with Gasteiger partial charge in [0.15, 0.2) is 0 Å². The van der Waals surface area contributed by atoms with Crippen LogP contribution in [0.4, 0.5) is 5.69 Å². The van der Waals surface area contributed by atoms with E-state index in [9.17, 15) is 19.2 Å². The van der Waals surface area contributed by atoms with Crippen LogP contribution in [0, 0.1) is 35.5 Å². The summed E-state index contributed by atoms with van der Waals surface area (Å²) in [6.07, 6.45) is 5.07. The number of likely N-dealkylation sites (tertiary alicyclic amines) is 1. The zero-order chi connectivity index (χ0) is 21.2. The Bertz CT molecular complexity index is 948. The minimum absolute atomic E-state index is 0.137. The van der Waals surface area contributed by atoms with Gasteiger partial charge in [0.05, 0.1) is 23.5 Å². The Kier molecular flexibility index (Phi) is 4.31. The fourth-order valence-corrected chi connectivity index (χ4v) is 5.52. The van der Waals surface area contributed by atoms with Crippen molar-refractivity contribution in [2.75, 3.05) is 11.9 Å². The SMILES string of the molecule is CC(C)OC(=O)c1cccc(NC(=O)CN2C(=O)[C@@H]3[C@H]4C=C[C@@H]([C@@H]5C[C@H]45)[C@H]3C2=O)c1. The van der Waals surface area contributed by atoms with Crippen LogP contribution in [0.2, 0.25) is 0 Å². The Labute approximate surface area is 174 Å². The zero-order valence-electron chi connectivity index (χ0n) is 16.9. The lowest BCUT2D eigenvalue weighted by atomic mass is 9.63. The van der Waals surface area contributed by atoms with E-state index in [0.717, 1.165) is 11.3 Å². The molecule has 1 saturated heterocycles. The fraction of sp³-hybridized carbons (Fsp3) is 0.478. The molecule has 1 N–H and O–H groups in total. The number of esters is 1. The molecule has 1 aromatic rings. The molecule has 0 radical (unpaired) electrons. The van der Waals surface area contributed by atoms with E-state index in [2.05, 4.69) is 17.5 Å². The topological polar surface area (TPSA) is 92.8 Å². The van der Waals surface area contributed by atoms with Gasteiger partial charge in [0.1, 0.15) is 6.54 Å². The molecule has 1 heterocycles. The van der Waals surface area contributed by atoms with Crippen molar-refractivity contribution in [3.05, 3.63) is 42.0 Å². The summed E-state index contributed by atoms with van der Waals surface area (Å²) >= 11 is 0. The number of hydrogen-bond donors (Lipinski definition) is 1. The van der Waals surface area contributed by atoms with E-state index < -0.39 is 11.9 Å². The van der Waals surface area contributed by atoms with Crippen molar-refractivity contribution in [1.29, 1.82) is 0 Å². The summed E-state index contributed by atoms with van der Waals surface area (Å²) in [6, 6.07) is 6.42. The second-order valence-electron chi connectivity index (χ2n) is 9.00. The number of rotatable bonds is 5. The normalized spacial score (nSPS) is 32.8. The molecule has 3 fully saturated rings. The molecule has 30 heavy (non-hydrogen) atoms. The molecular formula is C23H24N2O5. The van der Waals surface area contributed by atoms with Crippen molar-refractivity contribution in [2.45, 2.75) is 26.4 Å². The minimum atomic E-state index is -0.475. The summed E-state index contributed by atoms with van der Waals surface area (Å²) in [5.74, 6) is -0.669. The number of imide groups is 1. The molecule has 3 amide bonds. The molecule has 0 aromatic heterocycles. The standard InChI is InChI=1S/C23H24N2O5/c1-11(2)30-23(29)12-4-3-5-13(8-12)24-18(26)10-25-21(27)19-14-6-7-15(17-9-16(14)17)20(19)22(25)28/h3-8,11,14-17,19-20H,9-10H2,1-2H3,(H,24,26)/t14-,15-,16-,17+,19+,20+/m0/s1. The highest BCUT2D eigenvalue weighted by Gasteiger charge is 2.67. The molecule has 2 saturated carbocycles. The zero-order valence-corrected chi connectivity index (χ0v) is 16.9. The molecule has 1 aromatic carbocycles. The predicted octanol–water partition coefficient (Wildman–Crippen LogP) is 2.24. The highest BCUT2D eigenvalue weighted by Crippen LogP contribution is 2.65. The molecular weight excluding hydrogens is 384 g/mol. The Morgan fingerprint density at radius 2 is 1.73 bits per heavy atom. The van der Waals surface area contributed by atoms with Crippen molar-refractivity contribution in [3.63, 3.8) is 0 Å². The maximum atomic E-state index is 13.0.